The topological polar surface area (TPSA) is 75.2 Å². The Hall–Kier alpha value is -0.610. The maximum atomic E-state index is 11.8. The minimum atomic E-state index is -0.489. The molecule has 0 radical (unpaired) electrons. The molecule has 0 bridgehead atoms. The van der Waals surface area contributed by atoms with Crippen LogP contribution < -0.4 is 10.6 Å². The van der Waals surface area contributed by atoms with E-state index in [-0.39, 0.29) is 42.0 Å². The first kappa shape index (κ1) is 24.4. The van der Waals surface area contributed by atoms with Gasteiger partial charge in [-0.1, -0.05) is 0 Å². The highest BCUT2D eigenvalue weighted by Crippen LogP contribution is 2.15. The highest BCUT2D eigenvalue weighted by molar-refractivity contribution is 14.0. The zero-order chi connectivity index (χ0) is 18.2. The van der Waals surface area contributed by atoms with Crippen molar-refractivity contribution in [1.82, 2.24) is 15.5 Å². The van der Waals surface area contributed by atoms with Gasteiger partial charge in [-0.2, -0.15) is 0 Å². The van der Waals surface area contributed by atoms with Crippen LogP contribution in [0.4, 0.5) is 0 Å². The summed E-state index contributed by atoms with van der Waals surface area (Å²) in [7, 11) is 0. The highest BCUT2D eigenvalue weighted by Gasteiger charge is 2.28. The first-order valence-electron chi connectivity index (χ1n) is 8.71. The van der Waals surface area contributed by atoms with Gasteiger partial charge in [0.1, 0.15) is 12.1 Å². The van der Waals surface area contributed by atoms with Crippen molar-refractivity contribution < 1.29 is 14.3 Å². The first-order valence-corrected chi connectivity index (χ1v) is 8.71. The molecule has 0 saturated carbocycles. The van der Waals surface area contributed by atoms with Crippen molar-refractivity contribution in [3.05, 3.63) is 0 Å². The number of carbonyl (C=O) groups is 1. The largest absolute Gasteiger partial charge is 0.459 e. The third kappa shape index (κ3) is 10.2. The van der Waals surface area contributed by atoms with Crippen LogP contribution in [-0.4, -0.2) is 73.9 Å². The summed E-state index contributed by atoms with van der Waals surface area (Å²) in [6.45, 7) is 16.8. The van der Waals surface area contributed by atoms with E-state index < -0.39 is 5.60 Å². The number of carbonyl (C=O) groups excluding carboxylic acids is 1. The lowest BCUT2D eigenvalue weighted by molar-refractivity contribution is -0.152. The van der Waals surface area contributed by atoms with Crippen LogP contribution in [0.5, 0.6) is 0 Å². The van der Waals surface area contributed by atoms with Gasteiger partial charge in [0.05, 0.1) is 13.2 Å². The lowest BCUT2D eigenvalue weighted by Crippen LogP contribution is -2.56. The minimum absolute atomic E-state index is 0. The number of rotatable bonds is 6. The quantitative estimate of drug-likeness (QED) is 0.266. The number of guanidine groups is 1. The molecule has 0 spiro atoms. The van der Waals surface area contributed by atoms with Crippen molar-refractivity contribution in [3.8, 4) is 0 Å². The number of halogens is 1. The monoisotopic (exact) mass is 470 g/mol. The molecule has 0 aromatic heterocycles. The molecule has 1 heterocycles. The number of esters is 1. The third-order valence-electron chi connectivity index (χ3n) is 3.69. The minimum Gasteiger partial charge on any atom is -0.459 e. The van der Waals surface area contributed by atoms with Gasteiger partial charge in [-0.3, -0.25) is 9.69 Å². The van der Waals surface area contributed by atoms with E-state index in [1.807, 2.05) is 27.7 Å². The van der Waals surface area contributed by atoms with Crippen molar-refractivity contribution in [3.63, 3.8) is 0 Å². The molecule has 0 atom stereocenters. The van der Waals surface area contributed by atoms with Gasteiger partial charge in [0, 0.05) is 31.7 Å². The van der Waals surface area contributed by atoms with E-state index in [9.17, 15) is 4.79 Å². The molecule has 0 amide bonds. The van der Waals surface area contributed by atoms with E-state index in [0.29, 0.717) is 5.96 Å². The summed E-state index contributed by atoms with van der Waals surface area (Å²) in [5.41, 5.74) is -0.511. The van der Waals surface area contributed by atoms with Gasteiger partial charge in [-0.15, -0.1) is 24.0 Å². The summed E-state index contributed by atoms with van der Waals surface area (Å²) in [5.74, 6) is 0.303. The van der Waals surface area contributed by atoms with Crippen LogP contribution in [-0.2, 0) is 14.3 Å². The number of ether oxygens (including phenoxy) is 2. The molecule has 1 saturated heterocycles. The maximum Gasteiger partial charge on any atom is 0.328 e. The lowest BCUT2D eigenvalue weighted by Gasteiger charge is -2.41. The second-order valence-corrected chi connectivity index (χ2v) is 7.55. The molecule has 0 aromatic rings. The van der Waals surface area contributed by atoms with Crippen molar-refractivity contribution in [2.24, 2.45) is 4.99 Å². The van der Waals surface area contributed by atoms with Gasteiger partial charge in [-0.25, -0.2) is 4.99 Å². The molecular weight excluding hydrogens is 435 g/mol. The Morgan fingerprint density at radius 3 is 2.28 bits per heavy atom. The molecule has 1 rings (SSSR count). The Labute approximate surface area is 169 Å². The second kappa shape index (κ2) is 11.2. The smallest absolute Gasteiger partial charge is 0.328 e. The molecule has 25 heavy (non-hydrogen) atoms. The molecule has 0 aliphatic carbocycles. The van der Waals surface area contributed by atoms with E-state index >= 15 is 0 Å². The average molecular weight is 470 g/mol. The van der Waals surface area contributed by atoms with E-state index in [4.69, 9.17) is 9.47 Å². The molecule has 0 unspecified atom stereocenters. The van der Waals surface area contributed by atoms with Crippen LogP contribution in [0, 0.1) is 0 Å². The number of nitrogens with one attached hydrogen (secondary N) is 2. The Kier molecular flexibility index (Phi) is 10.9. The fraction of sp³-hybridized carbons (Fsp3) is 0.882. The number of aliphatic imine (C=N–C) groups is 1. The molecule has 7 nitrogen and oxygen atoms in total. The van der Waals surface area contributed by atoms with Crippen molar-refractivity contribution in [2.75, 3.05) is 45.9 Å². The number of morpholine rings is 1. The van der Waals surface area contributed by atoms with Crippen molar-refractivity contribution in [2.45, 2.75) is 52.7 Å². The van der Waals surface area contributed by atoms with Gasteiger partial charge in [0.15, 0.2) is 5.96 Å². The fourth-order valence-corrected chi connectivity index (χ4v) is 2.44. The van der Waals surface area contributed by atoms with Crippen LogP contribution in [0.1, 0.15) is 41.5 Å². The third-order valence-corrected chi connectivity index (χ3v) is 3.69. The Morgan fingerprint density at radius 2 is 1.76 bits per heavy atom. The van der Waals surface area contributed by atoms with Crippen molar-refractivity contribution in [1.29, 1.82) is 0 Å². The highest BCUT2D eigenvalue weighted by atomic mass is 127. The molecule has 1 aliphatic heterocycles. The lowest BCUT2D eigenvalue weighted by atomic mass is 10.0. The molecule has 1 aliphatic rings. The molecule has 1 fully saturated rings. The van der Waals surface area contributed by atoms with Crippen LogP contribution in [0.2, 0.25) is 0 Å². The number of hydrogen-bond donors (Lipinski definition) is 2. The number of nitrogens with zero attached hydrogens (tertiary/aromatic N) is 2. The summed E-state index contributed by atoms with van der Waals surface area (Å²) in [5, 5.41) is 6.49. The molecule has 148 valence electrons. The van der Waals surface area contributed by atoms with Crippen LogP contribution in [0.25, 0.3) is 0 Å². The van der Waals surface area contributed by atoms with Gasteiger partial charge < -0.3 is 20.1 Å². The summed E-state index contributed by atoms with van der Waals surface area (Å²) >= 11 is 0. The van der Waals surface area contributed by atoms with Gasteiger partial charge in [0.25, 0.3) is 0 Å². The molecule has 8 heteroatoms. The zero-order valence-corrected chi connectivity index (χ0v) is 18.8. The molecule has 0 aromatic carbocycles. The summed E-state index contributed by atoms with van der Waals surface area (Å²) < 4.78 is 10.7. The maximum absolute atomic E-state index is 11.8. The van der Waals surface area contributed by atoms with Crippen LogP contribution in [0.15, 0.2) is 4.99 Å². The van der Waals surface area contributed by atoms with Crippen molar-refractivity contribution >= 4 is 35.9 Å². The number of hydrogen-bond acceptors (Lipinski definition) is 5. The van der Waals surface area contributed by atoms with Gasteiger partial charge in [-0.05, 0) is 41.5 Å². The van der Waals surface area contributed by atoms with Gasteiger partial charge in [0.2, 0.25) is 0 Å². The predicted octanol–water partition coefficient (Wildman–Crippen LogP) is 1.61. The summed E-state index contributed by atoms with van der Waals surface area (Å²) in [4.78, 5) is 18.5. The standard InChI is InChI=1S/C17H34N4O3.HI/c1-7-18-15(19-12-14(22)24-16(2,3)4)20-13-17(5,6)21-8-10-23-11-9-21;/h7-13H2,1-6H3,(H2,18,19,20);1H. The Bertz CT molecular complexity index is 430. The van der Waals surface area contributed by atoms with Crippen LogP contribution in [0.3, 0.4) is 0 Å². The van der Waals surface area contributed by atoms with Crippen LogP contribution >= 0.6 is 24.0 Å². The average Bonchev–Trinajstić information content (AvgIpc) is 2.49. The first-order chi connectivity index (χ1) is 11.1. The normalized spacial score (nSPS) is 16.8. The van der Waals surface area contributed by atoms with E-state index in [1.165, 1.54) is 0 Å². The fourth-order valence-electron chi connectivity index (χ4n) is 2.44. The predicted molar refractivity (Wildman–Crippen MR) is 112 cm³/mol. The molecular formula is C17H35IN4O3. The summed E-state index contributed by atoms with van der Waals surface area (Å²) in [6, 6.07) is 0. The second-order valence-electron chi connectivity index (χ2n) is 7.55. The Morgan fingerprint density at radius 1 is 1.16 bits per heavy atom. The van der Waals surface area contributed by atoms with E-state index in [1.54, 1.807) is 0 Å². The zero-order valence-electron chi connectivity index (χ0n) is 16.5. The Balaban J connectivity index is 0.00000576. The summed E-state index contributed by atoms with van der Waals surface area (Å²) in [6.07, 6.45) is 0. The molecule has 2 N–H and O–H groups in total. The SMILES string of the molecule is CCNC(=NCC(=O)OC(C)(C)C)NCC(C)(C)N1CCOCC1.I. The van der Waals surface area contributed by atoms with Gasteiger partial charge >= 0.3 is 5.97 Å². The van der Waals surface area contributed by atoms with E-state index in [2.05, 4.69) is 34.4 Å². The van der Waals surface area contributed by atoms with E-state index in [0.717, 1.165) is 39.4 Å².